The van der Waals surface area contributed by atoms with Crippen LogP contribution in [0.5, 0.6) is 5.75 Å². The van der Waals surface area contributed by atoms with E-state index in [1.807, 2.05) is 37.3 Å². The zero-order valence-electron chi connectivity index (χ0n) is 13.0. The lowest BCUT2D eigenvalue weighted by Crippen LogP contribution is -2.42. The molecule has 2 aromatic rings. The molecule has 0 saturated heterocycles. The fourth-order valence-corrected chi connectivity index (χ4v) is 2.17. The number of carbonyl (C=O) groups is 1. The molecule has 0 atom stereocenters. The Morgan fingerprint density at radius 2 is 1.95 bits per heavy atom. The fourth-order valence-electron chi connectivity index (χ4n) is 2.17. The van der Waals surface area contributed by atoms with Gasteiger partial charge in [0.15, 0.2) is 11.4 Å². The molecular formula is C16H21N3O3. The van der Waals surface area contributed by atoms with Gasteiger partial charge >= 0.3 is 0 Å². The van der Waals surface area contributed by atoms with Crippen molar-refractivity contribution in [3.8, 4) is 11.4 Å². The summed E-state index contributed by atoms with van der Waals surface area (Å²) in [5.41, 5.74) is -0.277. The Labute approximate surface area is 129 Å². The molecule has 2 rings (SSSR count). The number of hydrogen-bond acceptors (Lipinski definition) is 4. The molecule has 0 unspecified atom stereocenters. The van der Waals surface area contributed by atoms with Crippen molar-refractivity contribution in [3.05, 3.63) is 42.2 Å². The summed E-state index contributed by atoms with van der Waals surface area (Å²) in [5.74, 6) is -0.583. The van der Waals surface area contributed by atoms with E-state index in [1.165, 1.54) is 15.8 Å². The minimum atomic E-state index is -1.01. The summed E-state index contributed by atoms with van der Waals surface area (Å²) in [5, 5.41) is 24.1. The molecule has 0 aliphatic carbocycles. The maximum absolute atomic E-state index is 12.5. The molecule has 6 nitrogen and oxygen atoms in total. The maximum atomic E-state index is 12.5. The first-order valence-corrected chi connectivity index (χ1v) is 7.17. The largest absolute Gasteiger partial charge is 0.504 e. The van der Waals surface area contributed by atoms with Crippen molar-refractivity contribution in [2.75, 3.05) is 13.1 Å². The molecule has 6 heteroatoms. The molecule has 0 fully saturated rings. The molecule has 1 aromatic carbocycles. The van der Waals surface area contributed by atoms with Crippen molar-refractivity contribution >= 4 is 5.91 Å². The summed E-state index contributed by atoms with van der Waals surface area (Å²) in [7, 11) is 0. The van der Waals surface area contributed by atoms with Gasteiger partial charge in [-0.2, -0.15) is 5.10 Å². The minimum Gasteiger partial charge on any atom is -0.504 e. The third-order valence-corrected chi connectivity index (χ3v) is 3.16. The number of carbonyl (C=O) groups excluding carboxylic acids is 1. The van der Waals surface area contributed by atoms with Gasteiger partial charge in [0.05, 0.1) is 17.5 Å². The molecule has 0 spiro atoms. The van der Waals surface area contributed by atoms with Gasteiger partial charge in [0, 0.05) is 13.1 Å². The standard InChI is InChI=1S/C16H21N3O3/c1-4-18(11-16(2,3)22)15(21)14-13(20)10-19(17-14)12-8-6-5-7-9-12/h5-10,20,22H,4,11H2,1-3H3. The SMILES string of the molecule is CCN(CC(C)(C)O)C(=O)c1nn(-c2ccccc2)cc1O. The lowest BCUT2D eigenvalue weighted by Gasteiger charge is -2.27. The van der Waals surface area contributed by atoms with E-state index in [4.69, 9.17) is 0 Å². The van der Waals surface area contributed by atoms with Gasteiger partial charge in [0.2, 0.25) is 0 Å². The van der Waals surface area contributed by atoms with Crippen LogP contribution in [-0.2, 0) is 0 Å². The van der Waals surface area contributed by atoms with Gasteiger partial charge in [-0.15, -0.1) is 0 Å². The normalized spacial score (nSPS) is 11.5. The smallest absolute Gasteiger partial charge is 0.278 e. The van der Waals surface area contributed by atoms with Gasteiger partial charge in [-0.25, -0.2) is 4.68 Å². The van der Waals surface area contributed by atoms with E-state index in [0.717, 1.165) is 5.69 Å². The van der Waals surface area contributed by atoms with E-state index in [9.17, 15) is 15.0 Å². The van der Waals surface area contributed by atoms with Gasteiger partial charge in [-0.1, -0.05) is 18.2 Å². The molecule has 1 heterocycles. The topological polar surface area (TPSA) is 78.6 Å². The first kappa shape index (κ1) is 16.0. The summed E-state index contributed by atoms with van der Waals surface area (Å²) >= 11 is 0. The van der Waals surface area contributed by atoms with E-state index in [2.05, 4.69) is 5.10 Å². The molecule has 0 aliphatic rings. The number of likely N-dealkylation sites (N-methyl/N-ethyl adjacent to an activating group) is 1. The van der Waals surface area contributed by atoms with Crippen LogP contribution in [0.4, 0.5) is 0 Å². The molecule has 2 N–H and O–H groups in total. The lowest BCUT2D eigenvalue weighted by atomic mass is 10.1. The van der Waals surface area contributed by atoms with Crippen molar-refractivity contribution in [1.82, 2.24) is 14.7 Å². The molecule has 22 heavy (non-hydrogen) atoms. The van der Waals surface area contributed by atoms with Crippen LogP contribution in [0, 0.1) is 0 Å². The molecule has 118 valence electrons. The van der Waals surface area contributed by atoms with Crippen molar-refractivity contribution in [3.63, 3.8) is 0 Å². The van der Waals surface area contributed by atoms with E-state index in [1.54, 1.807) is 13.8 Å². The predicted molar refractivity (Wildman–Crippen MR) is 83.1 cm³/mol. The van der Waals surface area contributed by atoms with Crippen molar-refractivity contribution < 1.29 is 15.0 Å². The number of nitrogens with zero attached hydrogens (tertiary/aromatic N) is 3. The van der Waals surface area contributed by atoms with Crippen LogP contribution in [0.2, 0.25) is 0 Å². The van der Waals surface area contributed by atoms with Gasteiger partial charge < -0.3 is 15.1 Å². The Morgan fingerprint density at radius 3 is 2.50 bits per heavy atom. The van der Waals surface area contributed by atoms with Crippen LogP contribution in [0.15, 0.2) is 36.5 Å². The molecule has 0 radical (unpaired) electrons. The van der Waals surface area contributed by atoms with Crippen LogP contribution < -0.4 is 0 Å². The van der Waals surface area contributed by atoms with E-state index in [-0.39, 0.29) is 18.0 Å². The quantitative estimate of drug-likeness (QED) is 0.883. The number of rotatable bonds is 5. The second kappa shape index (κ2) is 6.19. The third-order valence-electron chi connectivity index (χ3n) is 3.16. The van der Waals surface area contributed by atoms with E-state index < -0.39 is 11.5 Å². The van der Waals surface area contributed by atoms with Gasteiger partial charge in [0.25, 0.3) is 5.91 Å². The average molecular weight is 303 g/mol. The zero-order valence-corrected chi connectivity index (χ0v) is 13.0. The minimum absolute atomic E-state index is 0.0186. The predicted octanol–water partition coefficient (Wildman–Crippen LogP) is 1.81. The van der Waals surface area contributed by atoms with Crippen LogP contribution in [0.3, 0.4) is 0 Å². The van der Waals surface area contributed by atoms with E-state index in [0.29, 0.717) is 6.54 Å². The van der Waals surface area contributed by atoms with Crippen LogP contribution in [0.1, 0.15) is 31.3 Å². The highest BCUT2D eigenvalue weighted by molar-refractivity contribution is 5.94. The summed E-state index contributed by atoms with van der Waals surface area (Å²) < 4.78 is 1.46. The first-order chi connectivity index (χ1) is 10.3. The van der Waals surface area contributed by atoms with Gasteiger partial charge in [-0.3, -0.25) is 4.79 Å². The molecule has 0 bridgehead atoms. The average Bonchev–Trinajstić information content (AvgIpc) is 2.86. The number of aromatic nitrogens is 2. The number of benzene rings is 1. The number of aromatic hydroxyl groups is 1. The summed E-state index contributed by atoms with van der Waals surface area (Å²) in [6, 6.07) is 9.23. The summed E-state index contributed by atoms with van der Waals surface area (Å²) in [6.45, 7) is 5.66. The Morgan fingerprint density at radius 1 is 1.32 bits per heavy atom. The van der Waals surface area contributed by atoms with Gasteiger partial charge in [0.1, 0.15) is 0 Å². The maximum Gasteiger partial charge on any atom is 0.278 e. The summed E-state index contributed by atoms with van der Waals surface area (Å²) in [6.07, 6.45) is 1.40. The highest BCUT2D eigenvalue weighted by Crippen LogP contribution is 2.20. The molecule has 0 saturated carbocycles. The highest BCUT2D eigenvalue weighted by atomic mass is 16.3. The molecular weight excluding hydrogens is 282 g/mol. The summed E-state index contributed by atoms with van der Waals surface area (Å²) in [4.78, 5) is 14.0. The van der Waals surface area contributed by atoms with Crippen LogP contribution in [-0.4, -0.2) is 49.5 Å². The number of para-hydroxylation sites is 1. The van der Waals surface area contributed by atoms with Crippen molar-refractivity contribution in [1.29, 1.82) is 0 Å². The molecule has 1 aromatic heterocycles. The van der Waals surface area contributed by atoms with Crippen LogP contribution >= 0.6 is 0 Å². The number of amides is 1. The second-order valence-corrected chi connectivity index (χ2v) is 5.77. The lowest BCUT2D eigenvalue weighted by molar-refractivity contribution is 0.0309. The zero-order chi connectivity index (χ0) is 16.3. The van der Waals surface area contributed by atoms with Gasteiger partial charge in [-0.05, 0) is 32.9 Å². The Bertz CT molecular complexity index is 644. The monoisotopic (exact) mass is 303 g/mol. The fraction of sp³-hybridized carbons (Fsp3) is 0.375. The van der Waals surface area contributed by atoms with Crippen molar-refractivity contribution in [2.24, 2.45) is 0 Å². The number of hydrogen-bond donors (Lipinski definition) is 2. The molecule has 1 amide bonds. The number of aliphatic hydroxyl groups is 1. The van der Waals surface area contributed by atoms with Crippen LogP contribution in [0.25, 0.3) is 5.69 Å². The van der Waals surface area contributed by atoms with E-state index >= 15 is 0 Å². The first-order valence-electron chi connectivity index (χ1n) is 7.17. The Kier molecular flexibility index (Phi) is 4.51. The molecule has 0 aliphatic heterocycles. The third kappa shape index (κ3) is 3.65. The highest BCUT2D eigenvalue weighted by Gasteiger charge is 2.26. The Balaban J connectivity index is 2.29. The Hall–Kier alpha value is -2.34. The van der Waals surface area contributed by atoms with Crippen molar-refractivity contribution in [2.45, 2.75) is 26.4 Å². The second-order valence-electron chi connectivity index (χ2n) is 5.77.